The van der Waals surface area contributed by atoms with Crippen LogP contribution in [-0.2, 0) is 13.1 Å². The topological polar surface area (TPSA) is 16.1 Å². The Morgan fingerprint density at radius 1 is 1.29 bits per heavy atom. The Hall–Kier alpha value is -0.900. The first kappa shape index (κ1) is 12.6. The molecule has 0 aliphatic rings. The van der Waals surface area contributed by atoms with Crippen LogP contribution >= 0.6 is 22.9 Å². The van der Waals surface area contributed by atoms with Crippen LogP contribution in [0.15, 0.2) is 29.8 Å². The molecule has 0 saturated carbocycles. The Morgan fingerprint density at radius 3 is 2.71 bits per heavy atom. The van der Waals surface area contributed by atoms with Gasteiger partial charge in [-0.15, -0.1) is 11.3 Å². The van der Waals surface area contributed by atoms with Crippen molar-refractivity contribution in [3.8, 4) is 0 Å². The minimum Gasteiger partial charge on any atom is -0.297 e. The maximum atomic E-state index is 6.15. The second kappa shape index (κ2) is 5.63. The Bertz CT molecular complexity index is 496. The van der Waals surface area contributed by atoms with Gasteiger partial charge in [0.15, 0.2) is 0 Å². The molecule has 0 atom stereocenters. The molecule has 0 unspecified atom stereocenters. The molecule has 17 heavy (non-hydrogen) atoms. The van der Waals surface area contributed by atoms with Crippen LogP contribution in [0.2, 0.25) is 5.02 Å². The standard InChI is InChI=1S/C13H15ClN2S/c1-10-13(17-9-15-10)8-16(2)7-11-5-3-4-6-12(11)14/h3-6,9H,7-8H2,1-2H3. The van der Waals surface area contributed by atoms with E-state index in [0.29, 0.717) is 0 Å². The number of aryl methyl sites for hydroxylation is 1. The van der Waals surface area contributed by atoms with E-state index in [1.807, 2.05) is 23.7 Å². The van der Waals surface area contributed by atoms with Gasteiger partial charge in [-0.3, -0.25) is 4.90 Å². The summed E-state index contributed by atoms with van der Waals surface area (Å²) in [4.78, 5) is 7.83. The number of hydrogen-bond donors (Lipinski definition) is 0. The molecule has 0 fully saturated rings. The number of benzene rings is 1. The second-order valence-electron chi connectivity index (χ2n) is 4.12. The summed E-state index contributed by atoms with van der Waals surface area (Å²) < 4.78 is 0. The molecule has 0 saturated heterocycles. The summed E-state index contributed by atoms with van der Waals surface area (Å²) in [5.41, 5.74) is 4.19. The first-order valence-electron chi connectivity index (χ1n) is 5.47. The van der Waals surface area contributed by atoms with E-state index in [2.05, 4.69) is 29.9 Å². The van der Waals surface area contributed by atoms with Crippen LogP contribution < -0.4 is 0 Å². The van der Waals surface area contributed by atoms with Gasteiger partial charge in [0.2, 0.25) is 0 Å². The van der Waals surface area contributed by atoms with Crippen molar-refractivity contribution in [1.29, 1.82) is 0 Å². The highest BCUT2D eigenvalue weighted by Crippen LogP contribution is 2.19. The molecule has 90 valence electrons. The fourth-order valence-electron chi connectivity index (χ4n) is 1.70. The molecule has 0 N–H and O–H groups in total. The van der Waals surface area contributed by atoms with Gasteiger partial charge in [-0.2, -0.15) is 0 Å². The van der Waals surface area contributed by atoms with Crippen molar-refractivity contribution in [3.05, 3.63) is 50.9 Å². The Labute approximate surface area is 111 Å². The SMILES string of the molecule is Cc1ncsc1CN(C)Cc1ccccc1Cl. The summed E-state index contributed by atoms with van der Waals surface area (Å²) in [7, 11) is 2.10. The van der Waals surface area contributed by atoms with Gasteiger partial charge in [0.1, 0.15) is 0 Å². The first-order valence-corrected chi connectivity index (χ1v) is 6.73. The van der Waals surface area contributed by atoms with Gasteiger partial charge in [-0.05, 0) is 25.6 Å². The zero-order chi connectivity index (χ0) is 12.3. The number of halogens is 1. The molecule has 1 heterocycles. The fraction of sp³-hybridized carbons (Fsp3) is 0.308. The molecule has 1 aromatic heterocycles. The van der Waals surface area contributed by atoms with E-state index in [-0.39, 0.29) is 0 Å². The van der Waals surface area contributed by atoms with E-state index in [1.54, 1.807) is 11.3 Å². The Balaban J connectivity index is 2.01. The predicted octanol–water partition coefficient (Wildman–Crippen LogP) is 3.74. The number of aromatic nitrogens is 1. The van der Waals surface area contributed by atoms with Crippen molar-refractivity contribution in [3.63, 3.8) is 0 Å². The normalized spacial score (nSPS) is 11.1. The van der Waals surface area contributed by atoms with Crippen LogP contribution in [0, 0.1) is 6.92 Å². The minimum atomic E-state index is 0.834. The third-order valence-corrected chi connectivity index (χ3v) is 3.95. The zero-order valence-corrected chi connectivity index (χ0v) is 11.6. The van der Waals surface area contributed by atoms with Gasteiger partial charge in [-0.25, -0.2) is 4.98 Å². The largest absolute Gasteiger partial charge is 0.297 e. The highest BCUT2D eigenvalue weighted by atomic mass is 35.5. The maximum absolute atomic E-state index is 6.15. The summed E-state index contributed by atoms with van der Waals surface area (Å²) in [6.07, 6.45) is 0. The highest BCUT2D eigenvalue weighted by molar-refractivity contribution is 7.09. The molecule has 1 aromatic carbocycles. The minimum absolute atomic E-state index is 0.834. The van der Waals surface area contributed by atoms with Gasteiger partial charge in [0.05, 0.1) is 11.2 Å². The van der Waals surface area contributed by atoms with E-state index in [9.17, 15) is 0 Å². The van der Waals surface area contributed by atoms with Crippen LogP contribution in [0.3, 0.4) is 0 Å². The summed E-state index contributed by atoms with van der Waals surface area (Å²) in [5.74, 6) is 0. The summed E-state index contributed by atoms with van der Waals surface area (Å²) in [6.45, 7) is 3.83. The van der Waals surface area contributed by atoms with E-state index in [4.69, 9.17) is 11.6 Å². The fourth-order valence-corrected chi connectivity index (χ4v) is 2.75. The van der Waals surface area contributed by atoms with Gasteiger partial charge >= 0.3 is 0 Å². The lowest BCUT2D eigenvalue weighted by Crippen LogP contribution is -2.17. The molecule has 2 rings (SSSR count). The third kappa shape index (κ3) is 3.28. The predicted molar refractivity (Wildman–Crippen MR) is 73.5 cm³/mol. The van der Waals surface area contributed by atoms with Crippen LogP contribution in [0.25, 0.3) is 0 Å². The maximum Gasteiger partial charge on any atom is 0.0798 e. The van der Waals surface area contributed by atoms with E-state index < -0.39 is 0 Å². The number of thiazole rings is 1. The number of nitrogens with zero attached hydrogens (tertiary/aromatic N) is 2. The van der Waals surface area contributed by atoms with Crippen molar-refractivity contribution in [2.75, 3.05) is 7.05 Å². The van der Waals surface area contributed by atoms with Crippen molar-refractivity contribution in [2.24, 2.45) is 0 Å². The van der Waals surface area contributed by atoms with Crippen LogP contribution in [0.1, 0.15) is 16.1 Å². The summed E-state index contributed by atoms with van der Waals surface area (Å²) in [6, 6.07) is 7.98. The van der Waals surface area contributed by atoms with Crippen molar-refractivity contribution >= 4 is 22.9 Å². The first-order chi connectivity index (χ1) is 8.16. The van der Waals surface area contributed by atoms with Crippen molar-refractivity contribution in [1.82, 2.24) is 9.88 Å². The van der Waals surface area contributed by atoms with Crippen LogP contribution in [0.5, 0.6) is 0 Å². The lowest BCUT2D eigenvalue weighted by atomic mass is 10.2. The van der Waals surface area contributed by atoms with Crippen molar-refractivity contribution < 1.29 is 0 Å². The van der Waals surface area contributed by atoms with E-state index >= 15 is 0 Å². The van der Waals surface area contributed by atoms with E-state index in [1.165, 1.54) is 10.4 Å². The summed E-state index contributed by atoms with van der Waals surface area (Å²) in [5, 5.41) is 0.834. The Morgan fingerprint density at radius 2 is 2.06 bits per heavy atom. The van der Waals surface area contributed by atoms with Crippen LogP contribution in [-0.4, -0.2) is 16.9 Å². The molecule has 0 bridgehead atoms. The molecule has 0 amide bonds. The van der Waals surface area contributed by atoms with Gasteiger partial charge in [0.25, 0.3) is 0 Å². The number of rotatable bonds is 4. The molecular weight excluding hydrogens is 252 g/mol. The lowest BCUT2D eigenvalue weighted by molar-refractivity contribution is 0.321. The molecule has 2 nitrogen and oxygen atoms in total. The van der Waals surface area contributed by atoms with Gasteiger partial charge in [0, 0.05) is 23.0 Å². The summed E-state index contributed by atoms with van der Waals surface area (Å²) >= 11 is 7.85. The van der Waals surface area contributed by atoms with E-state index in [0.717, 1.165) is 23.8 Å². The quantitative estimate of drug-likeness (QED) is 0.838. The zero-order valence-electron chi connectivity index (χ0n) is 9.98. The molecule has 4 heteroatoms. The highest BCUT2D eigenvalue weighted by Gasteiger charge is 2.07. The second-order valence-corrected chi connectivity index (χ2v) is 5.47. The molecular formula is C13H15ClN2S. The molecule has 0 aliphatic carbocycles. The molecule has 0 spiro atoms. The van der Waals surface area contributed by atoms with Crippen molar-refractivity contribution in [2.45, 2.75) is 20.0 Å². The third-order valence-electron chi connectivity index (χ3n) is 2.66. The monoisotopic (exact) mass is 266 g/mol. The molecule has 2 aromatic rings. The molecule has 0 aliphatic heterocycles. The molecule has 0 radical (unpaired) electrons. The lowest BCUT2D eigenvalue weighted by Gasteiger charge is -2.16. The van der Waals surface area contributed by atoms with Crippen LogP contribution in [0.4, 0.5) is 0 Å². The number of hydrogen-bond acceptors (Lipinski definition) is 3. The average molecular weight is 267 g/mol. The smallest absolute Gasteiger partial charge is 0.0798 e. The van der Waals surface area contributed by atoms with Gasteiger partial charge < -0.3 is 0 Å². The average Bonchev–Trinajstić information content (AvgIpc) is 2.68. The Kier molecular flexibility index (Phi) is 4.15. The van der Waals surface area contributed by atoms with Gasteiger partial charge in [-0.1, -0.05) is 29.8 Å².